The van der Waals surface area contributed by atoms with Crippen LogP contribution in [0.2, 0.25) is 0 Å². The summed E-state index contributed by atoms with van der Waals surface area (Å²) in [6.45, 7) is 5.71. The number of sulfonamides is 1. The molecule has 0 saturated carbocycles. The highest BCUT2D eigenvalue weighted by atomic mass is 32.2. The van der Waals surface area contributed by atoms with Crippen LogP contribution in [-0.2, 0) is 16.6 Å². The summed E-state index contributed by atoms with van der Waals surface area (Å²) in [5.74, 6) is -1.68. The zero-order valence-electron chi connectivity index (χ0n) is 15.2. The Morgan fingerprint density at radius 2 is 1.63 bits per heavy atom. The summed E-state index contributed by atoms with van der Waals surface area (Å²) in [7, 11) is -4.01. The number of hydrogen-bond donors (Lipinski definition) is 1. The van der Waals surface area contributed by atoms with Crippen LogP contribution in [0.5, 0.6) is 5.75 Å². The summed E-state index contributed by atoms with van der Waals surface area (Å²) < 4.78 is 53.4. The van der Waals surface area contributed by atoms with E-state index in [9.17, 15) is 22.3 Å². The fourth-order valence-corrected chi connectivity index (χ4v) is 4.65. The third-order valence-corrected chi connectivity index (χ3v) is 6.86. The Morgan fingerprint density at radius 1 is 1.00 bits per heavy atom. The number of phenols is 1. The maximum Gasteiger partial charge on any atom is 0.246 e. The molecule has 0 bridgehead atoms. The maximum absolute atomic E-state index is 13.9. The molecule has 2 aromatic carbocycles. The van der Waals surface area contributed by atoms with Crippen LogP contribution in [0.4, 0.5) is 8.78 Å². The van der Waals surface area contributed by atoms with E-state index in [4.69, 9.17) is 0 Å². The molecule has 0 unspecified atom stereocenters. The molecule has 0 radical (unpaired) electrons. The summed E-state index contributed by atoms with van der Waals surface area (Å²) in [6, 6.07) is 6.13. The van der Waals surface area contributed by atoms with Gasteiger partial charge in [-0.15, -0.1) is 0 Å². The van der Waals surface area contributed by atoms with Crippen LogP contribution in [0.15, 0.2) is 35.2 Å². The lowest BCUT2D eigenvalue weighted by Gasteiger charge is -2.34. The van der Waals surface area contributed by atoms with Gasteiger partial charge >= 0.3 is 0 Å². The van der Waals surface area contributed by atoms with E-state index in [1.807, 2.05) is 24.8 Å². The number of nitrogens with zero attached hydrogens (tertiary/aromatic N) is 2. The van der Waals surface area contributed by atoms with E-state index in [-0.39, 0.29) is 18.8 Å². The van der Waals surface area contributed by atoms with Crippen molar-refractivity contribution in [1.82, 2.24) is 9.21 Å². The molecule has 0 amide bonds. The van der Waals surface area contributed by atoms with E-state index in [0.717, 1.165) is 28.8 Å². The van der Waals surface area contributed by atoms with Crippen LogP contribution >= 0.6 is 0 Å². The first-order valence-electron chi connectivity index (χ1n) is 8.65. The van der Waals surface area contributed by atoms with E-state index in [1.54, 1.807) is 6.07 Å². The number of benzene rings is 2. The molecule has 0 spiro atoms. The second-order valence-corrected chi connectivity index (χ2v) is 8.73. The average molecular weight is 396 g/mol. The van der Waals surface area contributed by atoms with Crippen molar-refractivity contribution in [1.29, 1.82) is 0 Å². The standard InChI is InChI=1S/C19H22F2N2O3S/c1-13-9-15(18(24)10-14(13)2)12-22-5-7-23(8-6-22)27(25,26)19-4-3-16(20)11-17(19)21/h3-4,9-11,24H,5-8,12H2,1-2H3. The summed E-state index contributed by atoms with van der Waals surface area (Å²) in [4.78, 5) is 1.53. The lowest BCUT2D eigenvalue weighted by Crippen LogP contribution is -2.48. The molecule has 1 fully saturated rings. The van der Waals surface area contributed by atoms with E-state index < -0.39 is 26.6 Å². The lowest BCUT2D eigenvalue weighted by atomic mass is 10.0. The molecule has 3 rings (SSSR count). The predicted octanol–water partition coefficient (Wildman–Crippen LogP) is 2.79. The van der Waals surface area contributed by atoms with E-state index >= 15 is 0 Å². The van der Waals surface area contributed by atoms with Gasteiger partial charge in [-0.05, 0) is 43.2 Å². The lowest BCUT2D eigenvalue weighted by molar-refractivity contribution is 0.180. The minimum absolute atomic E-state index is 0.199. The van der Waals surface area contributed by atoms with Gasteiger partial charge in [0.05, 0.1) is 0 Å². The van der Waals surface area contributed by atoms with Crippen molar-refractivity contribution in [2.24, 2.45) is 0 Å². The Kier molecular flexibility index (Phi) is 5.50. The molecular formula is C19H22F2N2O3S. The SMILES string of the molecule is Cc1cc(O)c(CN2CCN(S(=O)(=O)c3ccc(F)cc3F)CC2)cc1C. The van der Waals surface area contributed by atoms with Crippen molar-refractivity contribution in [2.75, 3.05) is 26.2 Å². The first-order valence-corrected chi connectivity index (χ1v) is 10.1. The molecule has 0 atom stereocenters. The molecule has 27 heavy (non-hydrogen) atoms. The van der Waals surface area contributed by atoms with E-state index in [1.165, 1.54) is 4.31 Å². The first kappa shape index (κ1) is 19.7. The smallest absolute Gasteiger partial charge is 0.246 e. The number of piperazine rings is 1. The van der Waals surface area contributed by atoms with E-state index in [2.05, 4.69) is 0 Å². The van der Waals surface area contributed by atoms with Gasteiger partial charge in [-0.25, -0.2) is 17.2 Å². The predicted molar refractivity (Wildman–Crippen MR) is 98.0 cm³/mol. The summed E-state index contributed by atoms with van der Waals surface area (Å²) in [6.07, 6.45) is 0. The Hall–Kier alpha value is -2.03. The molecule has 8 heteroatoms. The van der Waals surface area contributed by atoms with Gasteiger partial charge in [-0.3, -0.25) is 4.90 Å². The molecule has 1 heterocycles. The molecule has 1 aliphatic rings. The zero-order valence-corrected chi connectivity index (χ0v) is 16.1. The fourth-order valence-electron chi connectivity index (χ4n) is 3.18. The summed E-state index contributed by atoms with van der Waals surface area (Å²) in [5, 5.41) is 10.1. The molecule has 1 N–H and O–H groups in total. The van der Waals surface area contributed by atoms with Crippen LogP contribution in [0.25, 0.3) is 0 Å². The van der Waals surface area contributed by atoms with Crippen molar-refractivity contribution in [3.8, 4) is 5.75 Å². The Labute approximate surface area is 157 Å². The molecule has 1 aliphatic heterocycles. The van der Waals surface area contributed by atoms with Gasteiger partial charge in [0, 0.05) is 44.4 Å². The van der Waals surface area contributed by atoms with Crippen LogP contribution in [0, 0.1) is 25.5 Å². The highest BCUT2D eigenvalue weighted by Gasteiger charge is 2.31. The molecule has 146 valence electrons. The number of rotatable bonds is 4. The maximum atomic E-state index is 13.9. The van der Waals surface area contributed by atoms with Crippen molar-refractivity contribution < 1.29 is 22.3 Å². The van der Waals surface area contributed by atoms with Crippen molar-refractivity contribution >= 4 is 10.0 Å². The van der Waals surface area contributed by atoms with Crippen LogP contribution in [0.1, 0.15) is 16.7 Å². The van der Waals surface area contributed by atoms with E-state index in [0.29, 0.717) is 25.7 Å². The molecule has 2 aromatic rings. The minimum Gasteiger partial charge on any atom is -0.508 e. The monoisotopic (exact) mass is 396 g/mol. The molecule has 0 aliphatic carbocycles. The van der Waals surface area contributed by atoms with Gasteiger partial charge in [-0.2, -0.15) is 4.31 Å². The average Bonchev–Trinajstić information content (AvgIpc) is 2.60. The number of halogens is 2. The third-order valence-electron chi connectivity index (χ3n) is 4.93. The first-order chi connectivity index (χ1) is 12.7. The normalized spacial score (nSPS) is 16.6. The van der Waals surface area contributed by atoms with Gasteiger partial charge in [0.25, 0.3) is 0 Å². The fraction of sp³-hybridized carbons (Fsp3) is 0.368. The quantitative estimate of drug-likeness (QED) is 0.863. The van der Waals surface area contributed by atoms with Gasteiger partial charge in [-0.1, -0.05) is 6.07 Å². The van der Waals surface area contributed by atoms with Crippen LogP contribution < -0.4 is 0 Å². The van der Waals surface area contributed by atoms with Crippen molar-refractivity contribution in [2.45, 2.75) is 25.3 Å². The Bertz CT molecular complexity index is 956. The molecular weight excluding hydrogens is 374 g/mol. The van der Waals surface area contributed by atoms with Crippen LogP contribution in [-0.4, -0.2) is 48.9 Å². The zero-order chi connectivity index (χ0) is 19.8. The van der Waals surface area contributed by atoms with Gasteiger partial charge in [0.2, 0.25) is 10.0 Å². The molecule has 5 nitrogen and oxygen atoms in total. The van der Waals surface area contributed by atoms with Crippen LogP contribution in [0.3, 0.4) is 0 Å². The highest BCUT2D eigenvalue weighted by Crippen LogP contribution is 2.25. The molecule has 1 saturated heterocycles. The number of phenolic OH excluding ortho intramolecular Hbond substituents is 1. The number of aryl methyl sites for hydroxylation is 2. The summed E-state index contributed by atoms with van der Waals surface area (Å²) in [5.41, 5.74) is 2.88. The summed E-state index contributed by atoms with van der Waals surface area (Å²) >= 11 is 0. The Balaban J connectivity index is 1.69. The second kappa shape index (κ2) is 7.53. The second-order valence-electron chi connectivity index (χ2n) is 6.82. The number of aromatic hydroxyl groups is 1. The highest BCUT2D eigenvalue weighted by molar-refractivity contribution is 7.89. The largest absolute Gasteiger partial charge is 0.508 e. The minimum atomic E-state index is -4.01. The number of hydrogen-bond acceptors (Lipinski definition) is 4. The van der Waals surface area contributed by atoms with Crippen molar-refractivity contribution in [3.63, 3.8) is 0 Å². The third kappa shape index (κ3) is 4.12. The van der Waals surface area contributed by atoms with Gasteiger partial charge in [0.15, 0.2) is 0 Å². The van der Waals surface area contributed by atoms with Gasteiger partial charge < -0.3 is 5.11 Å². The van der Waals surface area contributed by atoms with Crippen molar-refractivity contribution in [3.05, 3.63) is 58.7 Å². The Morgan fingerprint density at radius 3 is 2.26 bits per heavy atom. The topological polar surface area (TPSA) is 60.9 Å². The molecule has 0 aromatic heterocycles. The van der Waals surface area contributed by atoms with Gasteiger partial charge in [0.1, 0.15) is 22.3 Å².